The van der Waals surface area contributed by atoms with Gasteiger partial charge in [-0.05, 0) is 61.5 Å². The molecule has 6 heteroatoms. The summed E-state index contributed by atoms with van der Waals surface area (Å²) < 4.78 is 0. The molecule has 4 nitrogen and oxygen atoms in total. The lowest BCUT2D eigenvalue weighted by atomic mass is 10.2. The monoisotopic (exact) mass is 352 g/mol. The molecule has 23 heavy (non-hydrogen) atoms. The summed E-state index contributed by atoms with van der Waals surface area (Å²) in [6.07, 6.45) is 3.74. The number of carbonyl (C=O) groups excluding carboxylic acids is 2. The van der Waals surface area contributed by atoms with Gasteiger partial charge in [-0.15, -0.1) is 0 Å². The molecule has 124 valence electrons. The quantitative estimate of drug-likeness (QED) is 0.679. The summed E-state index contributed by atoms with van der Waals surface area (Å²) >= 11 is 6.86. The first kappa shape index (κ1) is 18.0. The molecule has 0 aliphatic carbocycles. The number of rotatable bonds is 7. The lowest BCUT2D eigenvalue weighted by molar-refractivity contribution is -0.124. The number of nitrogens with zero attached hydrogens (tertiary/aromatic N) is 2. The fourth-order valence-electron chi connectivity index (χ4n) is 2.42. The Kier molecular flexibility index (Phi) is 6.69. The van der Waals surface area contributed by atoms with Gasteiger partial charge >= 0.3 is 0 Å². The second-order valence-electron chi connectivity index (χ2n) is 5.42. The van der Waals surface area contributed by atoms with Gasteiger partial charge in [0.15, 0.2) is 0 Å². The van der Waals surface area contributed by atoms with E-state index in [9.17, 15) is 9.59 Å². The van der Waals surface area contributed by atoms with E-state index in [1.807, 2.05) is 12.1 Å². The second kappa shape index (κ2) is 8.52. The molecule has 2 rings (SSSR count). The van der Waals surface area contributed by atoms with Gasteiger partial charge in [-0.2, -0.15) is 0 Å². The van der Waals surface area contributed by atoms with Crippen LogP contribution in [-0.2, 0) is 4.79 Å². The van der Waals surface area contributed by atoms with E-state index >= 15 is 0 Å². The van der Waals surface area contributed by atoms with Crippen LogP contribution in [0.5, 0.6) is 0 Å². The number of carbonyl (C=O) groups is 2. The lowest BCUT2D eigenvalue weighted by Gasteiger charge is -2.25. The molecule has 0 aromatic heterocycles. The van der Waals surface area contributed by atoms with Gasteiger partial charge in [0, 0.05) is 5.02 Å². The molecule has 1 aliphatic heterocycles. The predicted molar refractivity (Wildman–Crippen MR) is 96.3 cm³/mol. The predicted octanol–water partition coefficient (Wildman–Crippen LogP) is 4.46. The minimum absolute atomic E-state index is 0.201. The molecule has 0 spiro atoms. The van der Waals surface area contributed by atoms with Crippen molar-refractivity contribution in [1.29, 1.82) is 0 Å². The second-order valence-corrected chi connectivity index (χ2v) is 6.85. The van der Waals surface area contributed by atoms with Gasteiger partial charge in [0.1, 0.15) is 0 Å². The molecule has 0 radical (unpaired) electrons. The van der Waals surface area contributed by atoms with E-state index in [-0.39, 0.29) is 11.1 Å². The first-order valence-electron chi connectivity index (χ1n) is 7.78. The third-order valence-electron chi connectivity index (χ3n) is 3.46. The molecule has 1 aromatic carbocycles. The van der Waals surface area contributed by atoms with Crippen molar-refractivity contribution in [2.45, 2.75) is 26.7 Å². The fourth-order valence-corrected chi connectivity index (χ4v) is 3.38. The first-order chi connectivity index (χ1) is 11.0. The number of thioether (sulfide) groups is 1. The molecule has 2 amide bonds. The van der Waals surface area contributed by atoms with Crippen LogP contribution in [0, 0.1) is 0 Å². The molecular formula is C17H21ClN2O2S. The van der Waals surface area contributed by atoms with E-state index in [1.54, 1.807) is 18.2 Å². The zero-order valence-corrected chi connectivity index (χ0v) is 15.0. The van der Waals surface area contributed by atoms with E-state index in [0.717, 1.165) is 43.3 Å². The largest absolute Gasteiger partial charge is 0.294 e. The lowest BCUT2D eigenvalue weighted by Crippen LogP contribution is -2.41. The standard InChI is InChI=1S/C17H21ClN2O2S/c1-3-9-19(10-4-2)12-20-16(21)15(23-17(20)22)11-13-5-7-14(18)8-6-13/h5-8,11H,3-4,9-10,12H2,1-2H3. The maximum Gasteiger partial charge on any atom is 0.294 e. The van der Waals surface area contributed by atoms with Gasteiger partial charge in [0.05, 0.1) is 11.6 Å². The molecule has 1 aliphatic rings. The zero-order valence-electron chi connectivity index (χ0n) is 13.4. The first-order valence-corrected chi connectivity index (χ1v) is 8.97. The molecule has 0 unspecified atom stereocenters. The van der Waals surface area contributed by atoms with Gasteiger partial charge in [-0.1, -0.05) is 37.6 Å². The maximum atomic E-state index is 12.5. The van der Waals surface area contributed by atoms with Gasteiger partial charge in [0.25, 0.3) is 11.1 Å². The number of imide groups is 1. The van der Waals surface area contributed by atoms with E-state index in [1.165, 1.54) is 4.90 Å². The molecule has 1 aromatic rings. The highest BCUT2D eigenvalue weighted by Crippen LogP contribution is 2.32. The van der Waals surface area contributed by atoms with Crippen LogP contribution >= 0.6 is 23.4 Å². The molecule has 0 N–H and O–H groups in total. The number of hydrogen-bond acceptors (Lipinski definition) is 4. The SMILES string of the molecule is CCCN(CCC)CN1C(=O)SC(=Cc2ccc(Cl)cc2)C1=O. The molecule has 0 bridgehead atoms. The van der Waals surface area contributed by atoms with E-state index in [0.29, 0.717) is 16.6 Å². The Morgan fingerprint density at radius 3 is 2.30 bits per heavy atom. The van der Waals surface area contributed by atoms with Crippen LogP contribution in [0.15, 0.2) is 29.2 Å². The van der Waals surface area contributed by atoms with Crippen molar-refractivity contribution in [3.8, 4) is 0 Å². The van der Waals surface area contributed by atoms with Crippen LogP contribution in [-0.4, -0.2) is 40.7 Å². The maximum absolute atomic E-state index is 12.5. The van der Waals surface area contributed by atoms with Crippen LogP contribution in [0.2, 0.25) is 5.02 Å². The van der Waals surface area contributed by atoms with Crippen molar-refractivity contribution in [1.82, 2.24) is 9.80 Å². The smallest absolute Gasteiger partial charge is 0.286 e. The number of halogens is 1. The van der Waals surface area contributed by atoms with Crippen LogP contribution in [0.25, 0.3) is 6.08 Å². The van der Waals surface area contributed by atoms with Crippen molar-refractivity contribution in [3.05, 3.63) is 39.8 Å². The van der Waals surface area contributed by atoms with Crippen LogP contribution in [0.4, 0.5) is 4.79 Å². The highest BCUT2D eigenvalue weighted by Gasteiger charge is 2.35. The Morgan fingerprint density at radius 2 is 1.74 bits per heavy atom. The highest BCUT2D eigenvalue weighted by molar-refractivity contribution is 8.18. The van der Waals surface area contributed by atoms with Crippen LogP contribution in [0.3, 0.4) is 0 Å². The van der Waals surface area contributed by atoms with E-state index in [2.05, 4.69) is 18.7 Å². The summed E-state index contributed by atoms with van der Waals surface area (Å²) in [7, 11) is 0. The van der Waals surface area contributed by atoms with Crippen molar-refractivity contribution in [2.24, 2.45) is 0 Å². The van der Waals surface area contributed by atoms with Gasteiger partial charge < -0.3 is 0 Å². The Balaban J connectivity index is 2.11. The Hall–Kier alpha value is -1.30. The summed E-state index contributed by atoms with van der Waals surface area (Å²) in [5.41, 5.74) is 0.860. The summed E-state index contributed by atoms with van der Waals surface area (Å²) in [6.45, 7) is 6.32. The fraction of sp³-hybridized carbons (Fsp3) is 0.412. The third kappa shape index (κ3) is 4.83. The van der Waals surface area contributed by atoms with Crippen LogP contribution < -0.4 is 0 Å². The average molecular weight is 353 g/mol. The summed E-state index contributed by atoms with van der Waals surface area (Å²) in [6, 6.07) is 7.19. The van der Waals surface area contributed by atoms with E-state index < -0.39 is 0 Å². The summed E-state index contributed by atoms with van der Waals surface area (Å²) in [5, 5.41) is 0.442. The van der Waals surface area contributed by atoms with Crippen molar-refractivity contribution < 1.29 is 9.59 Å². The minimum atomic E-state index is -0.216. The topological polar surface area (TPSA) is 40.6 Å². The summed E-state index contributed by atoms with van der Waals surface area (Å²) in [4.78, 5) is 28.6. The van der Waals surface area contributed by atoms with Crippen molar-refractivity contribution >= 4 is 40.6 Å². The number of amides is 2. The molecule has 0 atom stereocenters. The Bertz CT molecular complexity index is 595. The van der Waals surface area contributed by atoms with Crippen molar-refractivity contribution in [3.63, 3.8) is 0 Å². The number of hydrogen-bond donors (Lipinski definition) is 0. The Morgan fingerprint density at radius 1 is 1.13 bits per heavy atom. The molecule has 1 heterocycles. The molecule has 1 saturated heterocycles. The van der Waals surface area contributed by atoms with Gasteiger partial charge in [-0.3, -0.25) is 19.4 Å². The van der Waals surface area contributed by atoms with E-state index in [4.69, 9.17) is 11.6 Å². The van der Waals surface area contributed by atoms with Crippen molar-refractivity contribution in [2.75, 3.05) is 19.8 Å². The average Bonchev–Trinajstić information content (AvgIpc) is 2.78. The molecule has 0 saturated carbocycles. The normalized spacial score (nSPS) is 16.9. The van der Waals surface area contributed by atoms with Gasteiger partial charge in [-0.25, -0.2) is 0 Å². The molecule has 1 fully saturated rings. The third-order valence-corrected chi connectivity index (χ3v) is 4.62. The summed E-state index contributed by atoms with van der Waals surface area (Å²) in [5.74, 6) is -0.216. The number of benzene rings is 1. The highest BCUT2D eigenvalue weighted by atomic mass is 35.5. The van der Waals surface area contributed by atoms with Crippen LogP contribution in [0.1, 0.15) is 32.3 Å². The molecular weight excluding hydrogens is 332 g/mol. The Labute approximate surface area is 146 Å². The zero-order chi connectivity index (χ0) is 16.8. The minimum Gasteiger partial charge on any atom is -0.286 e. The van der Waals surface area contributed by atoms with Gasteiger partial charge in [0.2, 0.25) is 0 Å².